The zero-order chi connectivity index (χ0) is 56.4. The van der Waals surface area contributed by atoms with Gasteiger partial charge in [-0.25, -0.2) is 0 Å². The van der Waals surface area contributed by atoms with Crippen molar-refractivity contribution in [2.75, 3.05) is 13.2 Å². The minimum Gasteiger partial charge on any atom is -0.462 e. The third-order valence-corrected chi connectivity index (χ3v) is 16.2. The third kappa shape index (κ3) is 64.7. The van der Waals surface area contributed by atoms with Crippen molar-refractivity contribution in [3.63, 3.8) is 0 Å². The van der Waals surface area contributed by atoms with Gasteiger partial charge in [-0.3, -0.25) is 14.4 Å². The van der Waals surface area contributed by atoms with Crippen LogP contribution in [0.15, 0.2) is 24.3 Å². The van der Waals surface area contributed by atoms with Crippen molar-refractivity contribution in [2.45, 2.75) is 406 Å². The summed E-state index contributed by atoms with van der Waals surface area (Å²) in [6, 6.07) is 0. The average Bonchev–Trinajstić information content (AvgIpc) is 3.44. The number of hydrogen-bond donors (Lipinski definition) is 0. The van der Waals surface area contributed by atoms with Crippen molar-refractivity contribution in [3.8, 4) is 0 Å². The van der Waals surface area contributed by atoms with Gasteiger partial charge in [0.1, 0.15) is 13.2 Å². The zero-order valence-corrected chi connectivity index (χ0v) is 53.0. The van der Waals surface area contributed by atoms with E-state index in [-0.39, 0.29) is 31.1 Å². The molecule has 0 bridgehead atoms. The zero-order valence-electron chi connectivity index (χ0n) is 53.0. The molecule has 0 heterocycles. The number of carbonyl (C=O) groups excluding carboxylic acids is 3. The van der Waals surface area contributed by atoms with Gasteiger partial charge >= 0.3 is 17.9 Å². The molecule has 460 valence electrons. The van der Waals surface area contributed by atoms with Gasteiger partial charge in [-0.2, -0.15) is 0 Å². The molecule has 0 amide bonds. The highest BCUT2D eigenvalue weighted by Gasteiger charge is 2.19. The van der Waals surface area contributed by atoms with Crippen molar-refractivity contribution >= 4 is 17.9 Å². The third-order valence-electron chi connectivity index (χ3n) is 16.2. The van der Waals surface area contributed by atoms with E-state index < -0.39 is 6.10 Å². The lowest BCUT2D eigenvalue weighted by Gasteiger charge is -2.18. The fourth-order valence-electron chi connectivity index (χ4n) is 10.9. The van der Waals surface area contributed by atoms with Crippen LogP contribution in [0.1, 0.15) is 400 Å². The number of rotatable bonds is 66. The fourth-order valence-corrected chi connectivity index (χ4v) is 10.9. The Hall–Kier alpha value is -2.11. The molecule has 0 fully saturated rings. The van der Waals surface area contributed by atoms with Crippen LogP contribution in [0.4, 0.5) is 0 Å². The Bertz CT molecular complexity index is 1260. The first kappa shape index (κ1) is 75.9. The molecule has 0 aromatic carbocycles. The smallest absolute Gasteiger partial charge is 0.306 e. The predicted octanol–water partition coefficient (Wildman–Crippen LogP) is 24.2. The molecule has 0 aliphatic rings. The van der Waals surface area contributed by atoms with Crippen LogP contribution in [-0.4, -0.2) is 37.2 Å². The summed E-state index contributed by atoms with van der Waals surface area (Å²) in [6.07, 6.45) is 82.5. The number of ether oxygens (including phenoxy) is 3. The summed E-state index contributed by atoms with van der Waals surface area (Å²) in [7, 11) is 0. The van der Waals surface area contributed by atoms with Crippen LogP contribution < -0.4 is 0 Å². The molecule has 0 aliphatic heterocycles. The van der Waals surface area contributed by atoms with Gasteiger partial charge in [0.25, 0.3) is 0 Å². The molecule has 0 saturated carbocycles. The Labute approximate surface area is 487 Å². The molecule has 78 heavy (non-hydrogen) atoms. The standard InChI is InChI=1S/C72H136O6/c1-4-7-10-13-16-18-20-22-24-26-28-30-31-32-33-34-35-36-37-38-39-40-41-42-44-45-47-49-51-53-56-59-62-65-71(74)77-68-69(67-76-70(73)64-61-58-55-15-12-9-6-3)78-72(75)66-63-60-57-54-52-50-48-46-43-29-27-25-23-21-19-17-14-11-8-5-2/h20,22,26,28,69H,4-19,21,23-25,27,29-68H2,1-3H3/b22-20-,28-26-. The summed E-state index contributed by atoms with van der Waals surface area (Å²) in [5, 5.41) is 0. The van der Waals surface area contributed by atoms with Gasteiger partial charge in [-0.1, -0.05) is 353 Å². The van der Waals surface area contributed by atoms with Crippen molar-refractivity contribution in [1.29, 1.82) is 0 Å². The first-order valence-electron chi connectivity index (χ1n) is 35.3. The summed E-state index contributed by atoms with van der Waals surface area (Å²) >= 11 is 0. The van der Waals surface area contributed by atoms with E-state index in [1.165, 1.54) is 295 Å². The SMILES string of the molecule is CCCCCCC/C=C\C/C=C\CCCCCCCCCCCCCCCCCCCCCCCC(=O)OCC(COC(=O)CCCCCCCCC)OC(=O)CCCCCCCCCCCCCCCCCCCCCC. The number of esters is 3. The molecule has 0 rings (SSSR count). The van der Waals surface area contributed by atoms with E-state index in [1.54, 1.807) is 0 Å². The second-order valence-electron chi connectivity index (χ2n) is 24.2. The van der Waals surface area contributed by atoms with Gasteiger partial charge in [0, 0.05) is 19.3 Å². The molecule has 0 saturated heterocycles. The maximum atomic E-state index is 12.9. The van der Waals surface area contributed by atoms with Crippen LogP contribution in [0, 0.1) is 0 Å². The predicted molar refractivity (Wildman–Crippen MR) is 340 cm³/mol. The van der Waals surface area contributed by atoms with Crippen LogP contribution in [-0.2, 0) is 28.6 Å². The summed E-state index contributed by atoms with van der Waals surface area (Å²) in [6.45, 7) is 6.66. The number of carbonyl (C=O) groups is 3. The topological polar surface area (TPSA) is 78.9 Å². The summed E-state index contributed by atoms with van der Waals surface area (Å²) in [4.78, 5) is 38.1. The van der Waals surface area contributed by atoms with E-state index in [1.807, 2.05) is 0 Å². The Morgan fingerprint density at radius 2 is 0.462 bits per heavy atom. The van der Waals surface area contributed by atoms with Gasteiger partial charge in [0.2, 0.25) is 0 Å². The molecular formula is C72H136O6. The Morgan fingerprint density at radius 3 is 0.705 bits per heavy atom. The van der Waals surface area contributed by atoms with E-state index in [0.717, 1.165) is 64.2 Å². The molecule has 1 unspecified atom stereocenters. The van der Waals surface area contributed by atoms with E-state index in [4.69, 9.17) is 14.2 Å². The molecule has 6 nitrogen and oxygen atoms in total. The molecular weight excluding hydrogens is 961 g/mol. The molecule has 1 atom stereocenters. The monoisotopic (exact) mass is 1100 g/mol. The van der Waals surface area contributed by atoms with Crippen molar-refractivity contribution < 1.29 is 28.6 Å². The second-order valence-corrected chi connectivity index (χ2v) is 24.2. The van der Waals surface area contributed by atoms with Crippen molar-refractivity contribution in [2.24, 2.45) is 0 Å². The van der Waals surface area contributed by atoms with Crippen LogP contribution in [0.3, 0.4) is 0 Å². The maximum absolute atomic E-state index is 12.9. The van der Waals surface area contributed by atoms with Crippen molar-refractivity contribution in [3.05, 3.63) is 24.3 Å². The first-order valence-corrected chi connectivity index (χ1v) is 35.3. The maximum Gasteiger partial charge on any atom is 0.306 e. The van der Waals surface area contributed by atoms with E-state index in [9.17, 15) is 14.4 Å². The highest BCUT2D eigenvalue weighted by atomic mass is 16.6. The van der Waals surface area contributed by atoms with Gasteiger partial charge in [-0.05, 0) is 51.4 Å². The highest BCUT2D eigenvalue weighted by molar-refractivity contribution is 5.71. The first-order chi connectivity index (χ1) is 38.5. The Balaban J connectivity index is 3.95. The quantitative estimate of drug-likeness (QED) is 0.0261. The van der Waals surface area contributed by atoms with Gasteiger partial charge in [0.15, 0.2) is 6.10 Å². The lowest BCUT2D eigenvalue weighted by atomic mass is 10.0. The van der Waals surface area contributed by atoms with Gasteiger partial charge < -0.3 is 14.2 Å². The highest BCUT2D eigenvalue weighted by Crippen LogP contribution is 2.19. The Morgan fingerprint density at radius 1 is 0.256 bits per heavy atom. The molecule has 0 radical (unpaired) electrons. The molecule has 0 spiro atoms. The fraction of sp³-hybridized carbons (Fsp3) is 0.903. The van der Waals surface area contributed by atoms with E-state index >= 15 is 0 Å². The van der Waals surface area contributed by atoms with E-state index in [2.05, 4.69) is 45.1 Å². The van der Waals surface area contributed by atoms with Crippen LogP contribution in [0.5, 0.6) is 0 Å². The normalized spacial score (nSPS) is 12.1. The molecule has 0 N–H and O–H groups in total. The van der Waals surface area contributed by atoms with Crippen LogP contribution >= 0.6 is 0 Å². The summed E-state index contributed by atoms with van der Waals surface area (Å²) < 4.78 is 16.9. The minimum absolute atomic E-state index is 0.0637. The van der Waals surface area contributed by atoms with E-state index in [0.29, 0.717) is 19.3 Å². The lowest BCUT2D eigenvalue weighted by Crippen LogP contribution is -2.30. The molecule has 0 aromatic heterocycles. The van der Waals surface area contributed by atoms with Gasteiger partial charge in [0.05, 0.1) is 0 Å². The van der Waals surface area contributed by atoms with Crippen molar-refractivity contribution in [1.82, 2.24) is 0 Å². The summed E-state index contributed by atoms with van der Waals surface area (Å²) in [5.41, 5.74) is 0. The summed E-state index contributed by atoms with van der Waals surface area (Å²) in [5.74, 6) is -0.840. The molecule has 0 aliphatic carbocycles. The second kappa shape index (κ2) is 67.4. The Kier molecular flexibility index (Phi) is 65.6. The molecule has 0 aromatic rings. The van der Waals surface area contributed by atoms with Crippen LogP contribution in [0.2, 0.25) is 0 Å². The molecule has 6 heteroatoms. The lowest BCUT2D eigenvalue weighted by molar-refractivity contribution is -0.167. The number of allylic oxidation sites excluding steroid dienone is 4. The number of unbranched alkanes of at least 4 members (excludes halogenated alkanes) is 51. The largest absolute Gasteiger partial charge is 0.462 e. The van der Waals surface area contributed by atoms with Gasteiger partial charge in [-0.15, -0.1) is 0 Å². The average molecular weight is 1100 g/mol. The van der Waals surface area contributed by atoms with Crippen LogP contribution in [0.25, 0.3) is 0 Å². The minimum atomic E-state index is -0.764. The number of hydrogen-bond acceptors (Lipinski definition) is 6.